The first kappa shape index (κ1) is 15.2. The zero-order valence-electron chi connectivity index (χ0n) is 12.2. The minimum absolute atomic E-state index is 0.406. The van der Waals surface area contributed by atoms with Crippen LogP contribution < -0.4 is 10.5 Å². The minimum Gasteiger partial charge on any atom is -0.491 e. The average molecular weight is 291 g/mol. The van der Waals surface area contributed by atoms with Gasteiger partial charge < -0.3 is 20.3 Å². The number of para-hydroxylation sites is 2. The van der Waals surface area contributed by atoms with E-state index >= 15 is 0 Å². The molecule has 6 heteroatoms. The molecule has 2 N–H and O–H groups in total. The number of hydrogen-bond acceptors (Lipinski definition) is 4. The van der Waals surface area contributed by atoms with Crippen molar-refractivity contribution < 1.29 is 14.3 Å². The van der Waals surface area contributed by atoms with Crippen molar-refractivity contribution >= 4 is 17.5 Å². The van der Waals surface area contributed by atoms with Crippen molar-refractivity contribution in [2.75, 3.05) is 38.5 Å². The van der Waals surface area contributed by atoms with Crippen LogP contribution in [0.3, 0.4) is 0 Å². The first-order chi connectivity index (χ1) is 10.1. The molecule has 1 aromatic carbocycles. The van der Waals surface area contributed by atoms with Gasteiger partial charge >= 0.3 is 11.8 Å². The zero-order chi connectivity index (χ0) is 15.2. The Hall–Kier alpha value is -2.24. The Morgan fingerprint density at radius 3 is 2.52 bits per heavy atom. The van der Waals surface area contributed by atoms with Gasteiger partial charge in [-0.1, -0.05) is 12.1 Å². The van der Waals surface area contributed by atoms with E-state index in [0.717, 1.165) is 0 Å². The van der Waals surface area contributed by atoms with Gasteiger partial charge in [0.05, 0.1) is 12.3 Å². The van der Waals surface area contributed by atoms with Crippen molar-refractivity contribution in [3.8, 4) is 5.75 Å². The van der Waals surface area contributed by atoms with Crippen molar-refractivity contribution in [3.05, 3.63) is 24.3 Å². The summed E-state index contributed by atoms with van der Waals surface area (Å²) in [5.41, 5.74) is 6.37. The van der Waals surface area contributed by atoms with E-state index in [-0.39, 0.29) is 0 Å². The molecule has 1 aromatic rings. The molecule has 1 aliphatic rings. The largest absolute Gasteiger partial charge is 0.491 e. The molecule has 1 aliphatic heterocycles. The molecule has 21 heavy (non-hydrogen) atoms. The van der Waals surface area contributed by atoms with Crippen LogP contribution in [0.25, 0.3) is 0 Å². The van der Waals surface area contributed by atoms with Gasteiger partial charge in [-0.05, 0) is 25.5 Å². The van der Waals surface area contributed by atoms with Gasteiger partial charge in [0, 0.05) is 26.2 Å². The molecule has 1 saturated heterocycles. The third-order valence-corrected chi connectivity index (χ3v) is 3.53. The quantitative estimate of drug-likeness (QED) is 0.476. The molecule has 0 aliphatic carbocycles. The van der Waals surface area contributed by atoms with Crippen LogP contribution in [0.5, 0.6) is 5.75 Å². The molecular formula is C15H21N3O3. The van der Waals surface area contributed by atoms with Crippen molar-refractivity contribution in [1.82, 2.24) is 9.80 Å². The lowest BCUT2D eigenvalue weighted by Crippen LogP contribution is -2.54. The van der Waals surface area contributed by atoms with Gasteiger partial charge in [0.25, 0.3) is 0 Å². The number of piperazine rings is 1. The number of carbonyl (C=O) groups excluding carboxylic acids is 2. The lowest BCUT2D eigenvalue weighted by atomic mass is 10.2. The van der Waals surface area contributed by atoms with Crippen molar-refractivity contribution in [3.63, 3.8) is 0 Å². The van der Waals surface area contributed by atoms with Gasteiger partial charge in [0.1, 0.15) is 5.75 Å². The predicted octanol–water partition coefficient (Wildman–Crippen LogP) is 0.728. The molecule has 0 spiro atoms. The van der Waals surface area contributed by atoms with Gasteiger partial charge in [-0.25, -0.2) is 0 Å². The average Bonchev–Trinajstić information content (AvgIpc) is 2.49. The maximum Gasteiger partial charge on any atom is 0.312 e. The fourth-order valence-electron chi connectivity index (χ4n) is 2.28. The zero-order valence-corrected chi connectivity index (χ0v) is 12.2. The van der Waals surface area contributed by atoms with Crippen LogP contribution in [-0.4, -0.2) is 54.4 Å². The summed E-state index contributed by atoms with van der Waals surface area (Å²) in [7, 11) is 0. The predicted molar refractivity (Wildman–Crippen MR) is 79.8 cm³/mol. The van der Waals surface area contributed by atoms with Crippen molar-refractivity contribution in [1.29, 1.82) is 0 Å². The maximum absolute atomic E-state index is 11.9. The van der Waals surface area contributed by atoms with Gasteiger partial charge in [0.2, 0.25) is 0 Å². The summed E-state index contributed by atoms with van der Waals surface area (Å²) in [5, 5.41) is 0. The number of anilines is 1. The minimum atomic E-state index is -0.415. The SMILES string of the molecule is CCN1CCN(CCCOc2ccccc2N)C(=O)C1=O. The van der Waals surface area contributed by atoms with Crippen molar-refractivity contribution in [2.45, 2.75) is 13.3 Å². The molecule has 0 saturated carbocycles. The number of nitrogens with two attached hydrogens (primary N) is 1. The Labute approximate surface area is 124 Å². The molecule has 2 rings (SSSR count). The van der Waals surface area contributed by atoms with Crippen LogP contribution in [0.1, 0.15) is 13.3 Å². The van der Waals surface area contributed by atoms with Crippen LogP contribution in [0.2, 0.25) is 0 Å². The smallest absolute Gasteiger partial charge is 0.312 e. The number of hydrogen-bond donors (Lipinski definition) is 1. The highest BCUT2D eigenvalue weighted by Crippen LogP contribution is 2.19. The Balaban J connectivity index is 1.75. The number of ether oxygens (including phenoxy) is 1. The Morgan fingerprint density at radius 2 is 1.81 bits per heavy atom. The number of amides is 2. The summed E-state index contributed by atoms with van der Waals surface area (Å²) in [5.74, 6) is -0.171. The summed E-state index contributed by atoms with van der Waals surface area (Å²) < 4.78 is 5.57. The molecule has 0 atom stereocenters. The monoisotopic (exact) mass is 291 g/mol. The second-order valence-electron chi connectivity index (χ2n) is 4.92. The molecule has 0 unspecified atom stereocenters. The molecule has 1 fully saturated rings. The van der Waals surface area contributed by atoms with E-state index in [1.165, 1.54) is 0 Å². The summed E-state index contributed by atoms with van der Waals surface area (Å²) >= 11 is 0. The van der Waals surface area contributed by atoms with E-state index in [9.17, 15) is 9.59 Å². The Bertz CT molecular complexity index is 519. The van der Waals surface area contributed by atoms with Crippen LogP contribution in [-0.2, 0) is 9.59 Å². The molecule has 0 aromatic heterocycles. The highest BCUT2D eigenvalue weighted by Gasteiger charge is 2.30. The van der Waals surface area contributed by atoms with Crippen LogP contribution in [0.15, 0.2) is 24.3 Å². The summed E-state index contributed by atoms with van der Waals surface area (Å²) in [4.78, 5) is 26.8. The summed E-state index contributed by atoms with van der Waals surface area (Å²) in [6, 6.07) is 7.29. The standard InChI is InChI=1S/C15H21N3O3/c1-2-17-9-10-18(15(20)14(17)19)8-5-11-21-13-7-4-3-6-12(13)16/h3-4,6-7H,2,5,8-11,16H2,1H3. The number of benzene rings is 1. The molecule has 114 valence electrons. The molecule has 2 amide bonds. The fourth-order valence-corrected chi connectivity index (χ4v) is 2.28. The summed E-state index contributed by atoms with van der Waals surface area (Å²) in [6.45, 7) is 4.63. The van der Waals surface area contributed by atoms with Crippen LogP contribution in [0, 0.1) is 0 Å². The van der Waals surface area contributed by atoms with E-state index in [1.54, 1.807) is 15.9 Å². The lowest BCUT2D eigenvalue weighted by Gasteiger charge is -2.33. The first-order valence-corrected chi connectivity index (χ1v) is 7.19. The lowest BCUT2D eigenvalue weighted by molar-refractivity contribution is -0.155. The third-order valence-electron chi connectivity index (χ3n) is 3.53. The number of nitrogen functional groups attached to an aromatic ring is 1. The molecule has 6 nitrogen and oxygen atoms in total. The van der Waals surface area contributed by atoms with Gasteiger partial charge in [0.15, 0.2) is 0 Å². The molecular weight excluding hydrogens is 270 g/mol. The van der Waals surface area contributed by atoms with Gasteiger partial charge in [-0.3, -0.25) is 9.59 Å². The van der Waals surface area contributed by atoms with E-state index in [0.29, 0.717) is 50.6 Å². The van der Waals surface area contributed by atoms with E-state index < -0.39 is 11.8 Å². The van der Waals surface area contributed by atoms with Gasteiger partial charge in [-0.2, -0.15) is 0 Å². The molecule has 0 bridgehead atoms. The highest BCUT2D eigenvalue weighted by molar-refractivity contribution is 6.35. The highest BCUT2D eigenvalue weighted by atomic mass is 16.5. The number of carbonyl (C=O) groups is 2. The normalized spacial score (nSPS) is 15.5. The second kappa shape index (κ2) is 6.97. The van der Waals surface area contributed by atoms with E-state index in [4.69, 9.17) is 10.5 Å². The topological polar surface area (TPSA) is 75.9 Å². The number of rotatable bonds is 6. The number of likely N-dealkylation sites (N-methyl/N-ethyl adjacent to an activating group) is 1. The van der Waals surface area contributed by atoms with Crippen LogP contribution >= 0.6 is 0 Å². The third kappa shape index (κ3) is 3.65. The molecule has 0 radical (unpaired) electrons. The van der Waals surface area contributed by atoms with Crippen molar-refractivity contribution in [2.24, 2.45) is 0 Å². The van der Waals surface area contributed by atoms with E-state index in [1.807, 2.05) is 25.1 Å². The number of nitrogens with zero attached hydrogens (tertiary/aromatic N) is 2. The Morgan fingerprint density at radius 1 is 1.14 bits per heavy atom. The summed E-state index contributed by atoms with van der Waals surface area (Å²) in [6.07, 6.45) is 0.666. The van der Waals surface area contributed by atoms with E-state index in [2.05, 4.69) is 0 Å². The molecule has 1 heterocycles. The first-order valence-electron chi connectivity index (χ1n) is 7.19. The van der Waals surface area contributed by atoms with Crippen LogP contribution in [0.4, 0.5) is 5.69 Å². The fraction of sp³-hybridized carbons (Fsp3) is 0.467. The maximum atomic E-state index is 11.9. The Kier molecular flexibility index (Phi) is 5.03. The van der Waals surface area contributed by atoms with Gasteiger partial charge in [-0.15, -0.1) is 0 Å². The second-order valence-corrected chi connectivity index (χ2v) is 4.92.